The molecule has 14 heavy (non-hydrogen) atoms. The molecular weight excluding hydrogens is 176 g/mol. The number of rotatable bonds is 0. The zero-order valence-corrected chi connectivity index (χ0v) is 8.97. The zero-order valence-electron chi connectivity index (χ0n) is 8.97. The second-order valence-corrected chi connectivity index (χ2v) is 6.60. The molecule has 0 aromatic carbocycles. The van der Waals surface area contributed by atoms with E-state index in [1.54, 1.807) is 0 Å². The van der Waals surface area contributed by atoms with Crippen molar-refractivity contribution in [3.8, 4) is 0 Å². The third-order valence-electron chi connectivity index (χ3n) is 4.62. The van der Waals surface area contributed by atoms with E-state index in [4.69, 9.17) is 0 Å². The van der Waals surface area contributed by atoms with E-state index in [1.165, 1.54) is 0 Å². The maximum Gasteiger partial charge on any atom is 0.142 e. The minimum absolute atomic E-state index is 0.159. The molecule has 2 nitrogen and oxygen atoms in total. The van der Waals surface area contributed by atoms with Crippen LogP contribution in [-0.4, -0.2) is 16.5 Å². The summed E-state index contributed by atoms with van der Waals surface area (Å²) in [7, 11) is 0. The van der Waals surface area contributed by atoms with Crippen LogP contribution in [0.3, 0.4) is 0 Å². The number of carbonyl (C=O) groups is 1. The fourth-order valence-electron chi connectivity index (χ4n) is 4.92. The van der Waals surface area contributed by atoms with E-state index in [-0.39, 0.29) is 16.7 Å². The molecule has 4 saturated carbocycles. The van der Waals surface area contributed by atoms with Gasteiger partial charge in [-0.3, -0.25) is 4.79 Å². The summed E-state index contributed by atoms with van der Waals surface area (Å²) in [5.74, 6) is 0.589. The van der Waals surface area contributed by atoms with Gasteiger partial charge in [0.25, 0.3) is 0 Å². The minimum Gasteiger partial charge on any atom is -0.390 e. The first-order valence-electron chi connectivity index (χ1n) is 5.61. The first-order valence-corrected chi connectivity index (χ1v) is 5.61. The summed E-state index contributed by atoms with van der Waals surface area (Å²) < 4.78 is 0. The van der Waals surface area contributed by atoms with E-state index in [0.717, 1.165) is 25.7 Å². The average molecular weight is 194 g/mol. The fourth-order valence-corrected chi connectivity index (χ4v) is 4.92. The number of hydrogen-bond acceptors (Lipinski definition) is 2. The predicted octanol–water partition coefficient (Wildman–Crippen LogP) is 1.91. The maximum absolute atomic E-state index is 12.1. The van der Waals surface area contributed by atoms with Crippen LogP contribution in [0.2, 0.25) is 0 Å². The van der Waals surface area contributed by atoms with Gasteiger partial charge in [0.15, 0.2) is 0 Å². The van der Waals surface area contributed by atoms with Crippen molar-refractivity contribution < 1.29 is 9.90 Å². The van der Waals surface area contributed by atoms with Gasteiger partial charge in [-0.2, -0.15) is 0 Å². The summed E-state index contributed by atoms with van der Waals surface area (Å²) in [6.07, 6.45) is 4.38. The van der Waals surface area contributed by atoms with Crippen molar-refractivity contribution in [2.45, 2.75) is 51.6 Å². The molecule has 4 atom stereocenters. The Morgan fingerprint density at radius 2 is 1.93 bits per heavy atom. The Labute approximate surface area is 84.7 Å². The Hall–Kier alpha value is -0.370. The van der Waals surface area contributed by atoms with Crippen molar-refractivity contribution in [1.29, 1.82) is 0 Å². The predicted molar refractivity (Wildman–Crippen MR) is 52.7 cm³/mol. The number of carbonyl (C=O) groups excluding carboxylic acids is 1. The zero-order chi connectivity index (χ0) is 10.2. The lowest BCUT2D eigenvalue weighted by molar-refractivity contribution is -0.194. The molecule has 4 aliphatic carbocycles. The second kappa shape index (κ2) is 2.08. The molecule has 4 unspecified atom stereocenters. The summed E-state index contributed by atoms with van der Waals surface area (Å²) in [6, 6.07) is 0. The van der Waals surface area contributed by atoms with Gasteiger partial charge in [-0.15, -0.1) is 0 Å². The number of Topliss-reactive ketones (excluding diaryl/α,β-unsaturated/α-hetero) is 1. The smallest absolute Gasteiger partial charge is 0.142 e. The Morgan fingerprint density at radius 1 is 1.21 bits per heavy atom. The van der Waals surface area contributed by atoms with E-state index < -0.39 is 5.60 Å². The topological polar surface area (TPSA) is 37.3 Å². The summed E-state index contributed by atoms with van der Waals surface area (Å²) in [4.78, 5) is 12.1. The molecule has 0 radical (unpaired) electrons. The van der Waals surface area contributed by atoms with Crippen LogP contribution in [0.25, 0.3) is 0 Å². The van der Waals surface area contributed by atoms with E-state index in [0.29, 0.717) is 12.2 Å². The van der Waals surface area contributed by atoms with Crippen LogP contribution in [0.15, 0.2) is 0 Å². The van der Waals surface area contributed by atoms with Crippen LogP contribution < -0.4 is 0 Å². The summed E-state index contributed by atoms with van der Waals surface area (Å²) >= 11 is 0. The number of ketones is 1. The maximum atomic E-state index is 12.1. The number of hydrogen-bond donors (Lipinski definition) is 1. The van der Waals surface area contributed by atoms with Crippen LogP contribution >= 0.6 is 0 Å². The van der Waals surface area contributed by atoms with Crippen LogP contribution in [0, 0.1) is 16.7 Å². The van der Waals surface area contributed by atoms with Gasteiger partial charge in [0, 0.05) is 11.3 Å². The second-order valence-electron chi connectivity index (χ2n) is 6.60. The normalized spacial score (nSPS) is 60.8. The molecule has 0 aliphatic heterocycles. The van der Waals surface area contributed by atoms with Crippen molar-refractivity contribution >= 4 is 5.78 Å². The average Bonchev–Trinajstić information content (AvgIpc) is 1.94. The highest BCUT2D eigenvalue weighted by Gasteiger charge is 2.63. The summed E-state index contributed by atoms with van der Waals surface area (Å²) in [5.41, 5.74) is -0.486. The van der Waals surface area contributed by atoms with Crippen molar-refractivity contribution in [2.24, 2.45) is 16.7 Å². The SMILES string of the molecule is CC12CC3CC(O)(C1)CC(C)(C2)C3=O. The molecule has 0 spiro atoms. The van der Waals surface area contributed by atoms with E-state index >= 15 is 0 Å². The minimum atomic E-state index is -0.515. The van der Waals surface area contributed by atoms with E-state index in [2.05, 4.69) is 13.8 Å². The molecule has 2 heteroatoms. The molecular formula is C12H18O2. The molecule has 0 aromatic rings. The van der Waals surface area contributed by atoms with E-state index in [9.17, 15) is 9.90 Å². The van der Waals surface area contributed by atoms with Gasteiger partial charge >= 0.3 is 0 Å². The highest BCUT2D eigenvalue weighted by atomic mass is 16.3. The molecule has 4 rings (SSSR count). The molecule has 0 heterocycles. The van der Waals surface area contributed by atoms with Crippen molar-refractivity contribution in [1.82, 2.24) is 0 Å². The first-order chi connectivity index (χ1) is 6.34. The standard InChI is InChI=1S/C12H18O2/c1-10-3-8-4-12(14,6-10)7-11(2,5-10)9(8)13/h8,14H,3-7H2,1-2H3. The molecule has 0 saturated heterocycles. The van der Waals surface area contributed by atoms with Crippen LogP contribution in [0.5, 0.6) is 0 Å². The Kier molecular flexibility index (Phi) is 1.32. The van der Waals surface area contributed by atoms with Crippen molar-refractivity contribution in [3.05, 3.63) is 0 Å². The molecule has 78 valence electrons. The molecule has 1 N–H and O–H groups in total. The highest BCUT2D eigenvalue weighted by Crippen LogP contribution is 2.64. The van der Waals surface area contributed by atoms with Gasteiger partial charge in [0.2, 0.25) is 0 Å². The number of aliphatic hydroxyl groups is 1. The van der Waals surface area contributed by atoms with Gasteiger partial charge in [0.1, 0.15) is 5.78 Å². The molecule has 0 amide bonds. The van der Waals surface area contributed by atoms with E-state index in [1.807, 2.05) is 0 Å². The lowest BCUT2D eigenvalue weighted by Gasteiger charge is -2.62. The van der Waals surface area contributed by atoms with Crippen molar-refractivity contribution in [3.63, 3.8) is 0 Å². The van der Waals surface area contributed by atoms with Gasteiger partial charge in [-0.25, -0.2) is 0 Å². The fraction of sp³-hybridized carbons (Fsp3) is 0.917. The molecule has 4 fully saturated rings. The largest absolute Gasteiger partial charge is 0.390 e. The van der Waals surface area contributed by atoms with Crippen LogP contribution in [-0.2, 0) is 4.79 Å². The Balaban J connectivity index is 2.10. The lowest BCUT2D eigenvalue weighted by atomic mass is 9.43. The van der Waals surface area contributed by atoms with Crippen molar-refractivity contribution in [2.75, 3.05) is 0 Å². The first kappa shape index (κ1) is 8.90. The molecule has 4 bridgehead atoms. The van der Waals surface area contributed by atoms with Crippen LogP contribution in [0.4, 0.5) is 0 Å². The lowest BCUT2D eigenvalue weighted by Crippen LogP contribution is -2.62. The van der Waals surface area contributed by atoms with Crippen LogP contribution in [0.1, 0.15) is 46.0 Å². The third kappa shape index (κ3) is 0.928. The quantitative estimate of drug-likeness (QED) is 0.639. The van der Waals surface area contributed by atoms with Gasteiger partial charge in [-0.1, -0.05) is 13.8 Å². The Bertz CT molecular complexity index is 302. The van der Waals surface area contributed by atoms with Gasteiger partial charge < -0.3 is 5.11 Å². The van der Waals surface area contributed by atoms with Gasteiger partial charge in [-0.05, 0) is 37.5 Å². The molecule has 0 aromatic heterocycles. The molecule has 4 aliphatic rings. The monoisotopic (exact) mass is 194 g/mol. The van der Waals surface area contributed by atoms with Gasteiger partial charge in [0.05, 0.1) is 5.60 Å². The summed E-state index contributed by atoms with van der Waals surface area (Å²) in [5, 5.41) is 10.4. The summed E-state index contributed by atoms with van der Waals surface area (Å²) in [6.45, 7) is 4.30. The third-order valence-corrected chi connectivity index (χ3v) is 4.62. The highest BCUT2D eigenvalue weighted by molar-refractivity contribution is 5.89. The Morgan fingerprint density at radius 3 is 2.50 bits per heavy atom.